The molecule has 1 aromatic rings. The maximum atomic E-state index is 11.0. The van der Waals surface area contributed by atoms with Crippen LogP contribution in [0.4, 0.5) is 5.69 Å². The van der Waals surface area contributed by atoms with Gasteiger partial charge in [0, 0.05) is 24.7 Å². The first-order valence-electron chi connectivity index (χ1n) is 5.56. The number of esters is 1. The summed E-state index contributed by atoms with van der Waals surface area (Å²) in [5, 5.41) is 13.6. The zero-order valence-electron chi connectivity index (χ0n) is 10.4. The van der Waals surface area contributed by atoms with Crippen LogP contribution in [0, 0.1) is 10.1 Å². The van der Waals surface area contributed by atoms with E-state index in [4.69, 9.17) is 0 Å². The van der Waals surface area contributed by atoms with E-state index in [1.54, 1.807) is 12.1 Å². The van der Waals surface area contributed by atoms with Crippen molar-refractivity contribution in [2.45, 2.75) is 25.9 Å². The molecule has 18 heavy (non-hydrogen) atoms. The van der Waals surface area contributed by atoms with E-state index >= 15 is 0 Å². The first-order chi connectivity index (χ1) is 8.52. The van der Waals surface area contributed by atoms with E-state index in [0.717, 1.165) is 5.56 Å². The maximum absolute atomic E-state index is 11.0. The number of nitro benzene ring substituents is 1. The third-order valence-corrected chi connectivity index (χ3v) is 2.50. The third kappa shape index (κ3) is 4.50. The van der Waals surface area contributed by atoms with Crippen molar-refractivity contribution < 1.29 is 14.5 Å². The summed E-state index contributed by atoms with van der Waals surface area (Å²) in [6.45, 7) is 2.43. The Morgan fingerprint density at radius 3 is 2.56 bits per heavy atom. The highest BCUT2D eigenvalue weighted by Crippen LogP contribution is 2.11. The van der Waals surface area contributed by atoms with E-state index < -0.39 is 4.92 Å². The SMILES string of the molecule is COC(=O)CC(C)NCc1ccc([N+](=O)[O-])cc1. The van der Waals surface area contributed by atoms with Gasteiger partial charge >= 0.3 is 5.97 Å². The molecule has 0 heterocycles. The quantitative estimate of drug-likeness (QED) is 0.473. The minimum atomic E-state index is -0.433. The standard InChI is InChI=1S/C12H16N2O4/c1-9(7-12(15)18-2)13-8-10-3-5-11(6-4-10)14(16)17/h3-6,9,13H,7-8H2,1-2H3. The Morgan fingerprint density at radius 1 is 1.44 bits per heavy atom. The monoisotopic (exact) mass is 252 g/mol. The summed E-state index contributed by atoms with van der Waals surface area (Å²) >= 11 is 0. The molecule has 1 N–H and O–H groups in total. The van der Waals surface area contributed by atoms with Crippen LogP contribution in [-0.4, -0.2) is 24.0 Å². The minimum absolute atomic E-state index is 0.00681. The summed E-state index contributed by atoms with van der Waals surface area (Å²) < 4.78 is 4.56. The van der Waals surface area contributed by atoms with Crippen molar-refractivity contribution in [3.8, 4) is 0 Å². The molecule has 0 saturated carbocycles. The number of benzene rings is 1. The molecule has 1 rings (SSSR count). The second-order valence-electron chi connectivity index (χ2n) is 3.99. The van der Waals surface area contributed by atoms with Gasteiger partial charge in [0.15, 0.2) is 0 Å². The number of non-ortho nitro benzene ring substituents is 1. The fraction of sp³-hybridized carbons (Fsp3) is 0.417. The van der Waals surface area contributed by atoms with Crippen LogP contribution < -0.4 is 5.32 Å². The summed E-state index contributed by atoms with van der Waals surface area (Å²) in [6, 6.07) is 6.29. The van der Waals surface area contributed by atoms with Gasteiger partial charge < -0.3 is 10.1 Å². The summed E-state index contributed by atoms with van der Waals surface area (Å²) in [5.41, 5.74) is 0.999. The lowest BCUT2D eigenvalue weighted by molar-refractivity contribution is -0.384. The van der Waals surface area contributed by atoms with Crippen LogP contribution in [0.15, 0.2) is 24.3 Å². The minimum Gasteiger partial charge on any atom is -0.469 e. The van der Waals surface area contributed by atoms with Crippen LogP contribution in [-0.2, 0) is 16.1 Å². The average molecular weight is 252 g/mol. The molecule has 0 amide bonds. The number of nitrogens with zero attached hydrogens (tertiary/aromatic N) is 1. The lowest BCUT2D eigenvalue weighted by atomic mass is 10.2. The van der Waals surface area contributed by atoms with Crippen molar-refractivity contribution in [1.29, 1.82) is 0 Å². The van der Waals surface area contributed by atoms with Gasteiger partial charge in [-0.2, -0.15) is 0 Å². The smallest absolute Gasteiger partial charge is 0.307 e. The van der Waals surface area contributed by atoms with Crippen molar-refractivity contribution in [1.82, 2.24) is 5.32 Å². The Bertz CT molecular complexity index is 417. The van der Waals surface area contributed by atoms with E-state index in [1.807, 2.05) is 6.92 Å². The number of hydrogen-bond donors (Lipinski definition) is 1. The fourth-order valence-corrected chi connectivity index (χ4v) is 1.43. The van der Waals surface area contributed by atoms with Crippen LogP contribution in [0.25, 0.3) is 0 Å². The van der Waals surface area contributed by atoms with E-state index in [9.17, 15) is 14.9 Å². The molecule has 0 spiro atoms. The van der Waals surface area contributed by atoms with E-state index in [0.29, 0.717) is 13.0 Å². The highest BCUT2D eigenvalue weighted by Gasteiger charge is 2.09. The van der Waals surface area contributed by atoms with E-state index in [-0.39, 0.29) is 17.7 Å². The molecule has 0 aliphatic heterocycles. The Kier molecular flexibility index (Phi) is 5.26. The molecule has 0 bridgehead atoms. The predicted octanol–water partition coefficient (Wildman–Crippen LogP) is 1.64. The Balaban J connectivity index is 2.43. The molecule has 98 valence electrons. The number of nitrogens with one attached hydrogen (secondary N) is 1. The Labute approximate surface area is 105 Å². The molecule has 0 aliphatic rings. The van der Waals surface area contributed by atoms with Gasteiger partial charge in [-0.15, -0.1) is 0 Å². The van der Waals surface area contributed by atoms with Gasteiger partial charge in [0.25, 0.3) is 5.69 Å². The predicted molar refractivity (Wildman–Crippen MR) is 66.0 cm³/mol. The van der Waals surface area contributed by atoms with Gasteiger partial charge in [-0.05, 0) is 12.5 Å². The van der Waals surface area contributed by atoms with Gasteiger partial charge in [0.1, 0.15) is 0 Å². The Morgan fingerprint density at radius 2 is 2.06 bits per heavy atom. The molecular weight excluding hydrogens is 236 g/mol. The lowest BCUT2D eigenvalue weighted by Crippen LogP contribution is -2.28. The maximum Gasteiger partial charge on any atom is 0.307 e. The Hall–Kier alpha value is -1.95. The molecule has 0 aromatic heterocycles. The number of ether oxygens (including phenoxy) is 1. The summed E-state index contributed by atoms with van der Waals surface area (Å²) in [5.74, 6) is -0.265. The van der Waals surface area contributed by atoms with Crippen molar-refractivity contribution >= 4 is 11.7 Å². The van der Waals surface area contributed by atoms with E-state index in [1.165, 1.54) is 19.2 Å². The second kappa shape index (κ2) is 6.70. The van der Waals surface area contributed by atoms with Crippen LogP contribution in [0.3, 0.4) is 0 Å². The normalized spacial score (nSPS) is 11.9. The number of methoxy groups -OCH3 is 1. The number of carbonyl (C=O) groups excluding carboxylic acids is 1. The summed E-state index contributed by atoms with van der Waals surface area (Å²) in [6.07, 6.45) is 0.295. The number of hydrogen-bond acceptors (Lipinski definition) is 5. The van der Waals surface area contributed by atoms with Crippen molar-refractivity contribution in [3.05, 3.63) is 39.9 Å². The largest absolute Gasteiger partial charge is 0.469 e. The summed E-state index contributed by atoms with van der Waals surface area (Å²) in [7, 11) is 1.35. The molecule has 0 saturated heterocycles. The van der Waals surface area contributed by atoms with Crippen molar-refractivity contribution in [2.24, 2.45) is 0 Å². The second-order valence-corrected chi connectivity index (χ2v) is 3.99. The molecule has 0 aliphatic carbocycles. The van der Waals surface area contributed by atoms with Crippen LogP contribution in [0.1, 0.15) is 18.9 Å². The van der Waals surface area contributed by atoms with Gasteiger partial charge in [0.2, 0.25) is 0 Å². The van der Waals surface area contributed by atoms with Crippen LogP contribution in [0.2, 0.25) is 0 Å². The number of carbonyl (C=O) groups is 1. The highest BCUT2D eigenvalue weighted by molar-refractivity contribution is 5.69. The molecular formula is C12H16N2O4. The number of nitro groups is 1. The van der Waals surface area contributed by atoms with E-state index in [2.05, 4.69) is 10.1 Å². The van der Waals surface area contributed by atoms with Gasteiger partial charge in [-0.3, -0.25) is 14.9 Å². The first kappa shape index (κ1) is 14.1. The van der Waals surface area contributed by atoms with Crippen LogP contribution in [0.5, 0.6) is 0 Å². The fourth-order valence-electron chi connectivity index (χ4n) is 1.43. The topological polar surface area (TPSA) is 81.5 Å². The zero-order chi connectivity index (χ0) is 13.5. The molecule has 6 nitrogen and oxygen atoms in total. The molecule has 1 aromatic carbocycles. The average Bonchev–Trinajstić information content (AvgIpc) is 2.36. The lowest BCUT2D eigenvalue weighted by Gasteiger charge is -2.12. The highest BCUT2D eigenvalue weighted by atomic mass is 16.6. The van der Waals surface area contributed by atoms with Crippen molar-refractivity contribution in [2.75, 3.05) is 7.11 Å². The molecule has 1 unspecified atom stereocenters. The third-order valence-electron chi connectivity index (χ3n) is 2.50. The van der Waals surface area contributed by atoms with Gasteiger partial charge in [-0.25, -0.2) is 0 Å². The first-order valence-corrected chi connectivity index (χ1v) is 5.56. The van der Waals surface area contributed by atoms with Crippen LogP contribution >= 0.6 is 0 Å². The van der Waals surface area contributed by atoms with Gasteiger partial charge in [-0.1, -0.05) is 12.1 Å². The molecule has 1 atom stereocenters. The summed E-state index contributed by atoms with van der Waals surface area (Å²) in [4.78, 5) is 21.1. The van der Waals surface area contributed by atoms with Crippen molar-refractivity contribution in [3.63, 3.8) is 0 Å². The molecule has 6 heteroatoms. The van der Waals surface area contributed by atoms with Gasteiger partial charge in [0.05, 0.1) is 18.5 Å². The number of rotatable bonds is 6. The molecule has 0 radical (unpaired) electrons. The molecule has 0 fully saturated rings. The zero-order valence-corrected chi connectivity index (χ0v) is 10.4.